The summed E-state index contributed by atoms with van der Waals surface area (Å²) >= 11 is 0. The monoisotopic (exact) mass is 208 g/mol. The van der Waals surface area contributed by atoms with Crippen LogP contribution in [0.5, 0.6) is 0 Å². The van der Waals surface area contributed by atoms with Crippen molar-refractivity contribution in [1.29, 1.82) is 0 Å². The van der Waals surface area contributed by atoms with Crippen molar-refractivity contribution in [1.82, 2.24) is 5.32 Å². The van der Waals surface area contributed by atoms with Gasteiger partial charge in [0.05, 0.1) is 6.10 Å². The zero-order valence-electron chi connectivity index (χ0n) is 8.68. The number of rotatable bonds is 4. The number of nitrogens with two attached hydrogens (primary N) is 1. The van der Waals surface area contributed by atoms with E-state index in [9.17, 15) is 4.79 Å². The van der Waals surface area contributed by atoms with Gasteiger partial charge in [0.1, 0.15) is 6.04 Å². The highest BCUT2D eigenvalue weighted by molar-refractivity contribution is 5.82. The van der Waals surface area contributed by atoms with Crippen molar-refractivity contribution in [2.75, 3.05) is 6.54 Å². The molecule has 0 fully saturated rings. The number of hydrogen-bond acceptors (Lipinski definition) is 3. The summed E-state index contributed by atoms with van der Waals surface area (Å²) in [5.74, 6) is -0.276. The second kappa shape index (κ2) is 5.48. The van der Waals surface area contributed by atoms with Gasteiger partial charge in [-0.1, -0.05) is 30.3 Å². The average molecular weight is 208 g/mol. The first-order valence-corrected chi connectivity index (χ1v) is 4.87. The fourth-order valence-corrected chi connectivity index (χ4v) is 1.17. The zero-order valence-corrected chi connectivity index (χ0v) is 8.68. The third-order valence-corrected chi connectivity index (χ3v) is 2.01. The Morgan fingerprint density at radius 1 is 1.47 bits per heavy atom. The number of aliphatic hydroxyl groups is 1. The maximum atomic E-state index is 11.5. The molecule has 0 aromatic heterocycles. The molecule has 1 amide bonds. The van der Waals surface area contributed by atoms with Crippen molar-refractivity contribution >= 4 is 5.91 Å². The number of aliphatic hydroxyl groups excluding tert-OH is 1. The van der Waals surface area contributed by atoms with E-state index in [4.69, 9.17) is 10.8 Å². The zero-order chi connectivity index (χ0) is 11.3. The predicted octanol–water partition coefficient (Wildman–Crippen LogP) is 0.183. The van der Waals surface area contributed by atoms with Crippen molar-refractivity contribution in [3.63, 3.8) is 0 Å². The molecule has 0 unspecified atom stereocenters. The molecule has 4 nitrogen and oxygen atoms in total. The summed E-state index contributed by atoms with van der Waals surface area (Å²) < 4.78 is 0. The molecule has 0 heterocycles. The van der Waals surface area contributed by atoms with Gasteiger partial charge in [-0.15, -0.1) is 0 Å². The first-order valence-electron chi connectivity index (χ1n) is 4.87. The Morgan fingerprint density at radius 3 is 2.60 bits per heavy atom. The highest BCUT2D eigenvalue weighted by Crippen LogP contribution is 2.08. The van der Waals surface area contributed by atoms with E-state index in [1.165, 1.54) is 0 Å². The summed E-state index contributed by atoms with van der Waals surface area (Å²) in [6, 6.07) is 8.45. The molecule has 15 heavy (non-hydrogen) atoms. The van der Waals surface area contributed by atoms with Gasteiger partial charge in [0.15, 0.2) is 0 Å². The summed E-state index contributed by atoms with van der Waals surface area (Å²) in [6.07, 6.45) is -0.558. The number of hydrogen-bond donors (Lipinski definition) is 3. The molecule has 0 saturated heterocycles. The van der Waals surface area contributed by atoms with Crippen molar-refractivity contribution in [2.45, 2.75) is 19.1 Å². The summed E-state index contributed by atoms with van der Waals surface area (Å²) in [4.78, 5) is 11.5. The van der Waals surface area contributed by atoms with Crippen LogP contribution in [-0.4, -0.2) is 23.7 Å². The second-order valence-corrected chi connectivity index (χ2v) is 3.48. The summed E-state index contributed by atoms with van der Waals surface area (Å²) in [7, 11) is 0. The molecule has 1 rings (SSSR count). The van der Waals surface area contributed by atoms with E-state index in [0.29, 0.717) is 0 Å². The first-order chi connectivity index (χ1) is 7.11. The lowest BCUT2D eigenvalue weighted by Gasteiger charge is -2.13. The van der Waals surface area contributed by atoms with Crippen LogP contribution in [0, 0.1) is 0 Å². The molecule has 4 heteroatoms. The van der Waals surface area contributed by atoms with E-state index in [1.807, 2.05) is 18.2 Å². The molecule has 0 aliphatic rings. The van der Waals surface area contributed by atoms with Gasteiger partial charge in [-0.25, -0.2) is 0 Å². The Kier molecular flexibility index (Phi) is 4.27. The topological polar surface area (TPSA) is 75.3 Å². The molecule has 0 saturated carbocycles. The van der Waals surface area contributed by atoms with Gasteiger partial charge in [0, 0.05) is 6.54 Å². The molecule has 0 bridgehead atoms. The molecule has 0 aliphatic carbocycles. The molecule has 82 valence electrons. The van der Waals surface area contributed by atoms with Gasteiger partial charge in [0.2, 0.25) is 5.91 Å². The number of benzene rings is 1. The molecule has 0 radical (unpaired) electrons. The van der Waals surface area contributed by atoms with Crippen LogP contribution in [0.15, 0.2) is 30.3 Å². The fourth-order valence-electron chi connectivity index (χ4n) is 1.17. The van der Waals surface area contributed by atoms with Crippen molar-refractivity contribution in [2.24, 2.45) is 5.73 Å². The highest BCUT2D eigenvalue weighted by atomic mass is 16.3. The molecular formula is C11H16N2O2. The van der Waals surface area contributed by atoms with Crippen LogP contribution in [0.2, 0.25) is 0 Å². The normalized spacial score (nSPS) is 14.3. The maximum absolute atomic E-state index is 11.5. The van der Waals surface area contributed by atoms with Crippen LogP contribution in [0.1, 0.15) is 18.5 Å². The first kappa shape index (κ1) is 11.7. The van der Waals surface area contributed by atoms with Crippen molar-refractivity contribution in [3.8, 4) is 0 Å². The Bertz CT molecular complexity index is 312. The fraction of sp³-hybridized carbons (Fsp3) is 0.364. The van der Waals surface area contributed by atoms with Gasteiger partial charge in [-0.2, -0.15) is 0 Å². The lowest BCUT2D eigenvalue weighted by atomic mass is 10.1. The van der Waals surface area contributed by atoms with Gasteiger partial charge < -0.3 is 16.2 Å². The van der Waals surface area contributed by atoms with Gasteiger partial charge in [0.25, 0.3) is 0 Å². The maximum Gasteiger partial charge on any atom is 0.241 e. The second-order valence-electron chi connectivity index (χ2n) is 3.48. The van der Waals surface area contributed by atoms with E-state index in [0.717, 1.165) is 5.56 Å². The van der Waals surface area contributed by atoms with Gasteiger partial charge >= 0.3 is 0 Å². The minimum atomic E-state index is -0.676. The largest absolute Gasteiger partial charge is 0.392 e. The standard InChI is InChI=1S/C11H16N2O2/c1-8(14)7-13-11(15)10(12)9-5-3-2-4-6-9/h2-6,8,10,14H,7,12H2,1H3,(H,13,15)/t8-,10-/m1/s1. The van der Waals surface area contributed by atoms with Crippen LogP contribution in [0.25, 0.3) is 0 Å². The Morgan fingerprint density at radius 2 is 2.07 bits per heavy atom. The van der Waals surface area contributed by atoms with Crippen LogP contribution in [0.3, 0.4) is 0 Å². The van der Waals surface area contributed by atoms with E-state index in [2.05, 4.69) is 5.32 Å². The SMILES string of the molecule is C[C@@H](O)CNC(=O)[C@H](N)c1ccccc1. The Hall–Kier alpha value is -1.39. The number of carbonyl (C=O) groups excluding carboxylic acids is 1. The molecule has 0 spiro atoms. The van der Waals surface area contributed by atoms with Crippen LogP contribution >= 0.6 is 0 Å². The van der Waals surface area contributed by atoms with Crippen LogP contribution < -0.4 is 11.1 Å². The van der Waals surface area contributed by atoms with Gasteiger partial charge in [-0.05, 0) is 12.5 Å². The molecule has 1 aromatic carbocycles. The van der Waals surface area contributed by atoms with Crippen molar-refractivity contribution in [3.05, 3.63) is 35.9 Å². The third kappa shape index (κ3) is 3.69. The summed E-state index contributed by atoms with van der Waals surface area (Å²) in [5.41, 5.74) is 6.50. The molecule has 0 aliphatic heterocycles. The van der Waals surface area contributed by atoms with E-state index in [-0.39, 0.29) is 12.5 Å². The smallest absolute Gasteiger partial charge is 0.241 e. The van der Waals surface area contributed by atoms with E-state index < -0.39 is 12.1 Å². The lowest BCUT2D eigenvalue weighted by molar-refractivity contribution is -0.122. The minimum Gasteiger partial charge on any atom is -0.392 e. The van der Waals surface area contributed by atoms with Crippen LogP contribution in [-0.2, 0) is 4.79 Å². The van der Waals surface area contributed by atoms with Crippen molar-refractivity contribution < 1.29 is 9.90 Å². The average Bonchev–Trinajstić information content (AvgIpc) is 2.26. The number of amides is 1. The number of nitrogens with one attached hydrogen (secondary N) is 1. The van der Waals surface area contributed by atoms with Crippen LogP contribution in [0.4, 0.5) is 0 Å². The lowest BCUT2D eigenvalue weighted by Crippen LogP contribution is -2.37. The highest BCUT2D eigenvalue weighted by Gasteiger charge is 2.14. The van der Waals surface area contributed by atoms with Gasteiger partial charge in [-0.3, -0.25) is 4.79 Å². The molecule has 4 N–H and O–H groups in total. The van der Waals surface area contributed by atoms with E-state index in [1.54, 1.807) is 19.1 Å². The molecular weight excluding hydrogens is 192 g/mol. The molecule has 2 atom stereocenters. The van der Waals surface area contributed by atoms with E-state index >= 15 is 0 Å². The quantitative estimate of drug-likeness (QED) is 0.661. The minimum absolute atomic E-state index is 0.222. The third-order valence-electron chi connectivity index (χ3n) is 2.01. The Labute approximate surface area is 89.1 Å². The molecule has 1 aromatic rings. The predicted molar refractivity (Wildman–Crippen MR) is 58.1 cm³/mol. The summed E-state index contributed by atoms with van der Waals surface area (Å²) in [6.45, 7) is 1.83. The Balaban J connectivity index is 2.54. The summed E-state index contributed by atoms with van der Waals surface area (Å²) in [5, 5.41) is 11.6. The number of carbonyl (C=O) groups is 1.